The van der Waals surface area contributed by atoms with Gasteiger partial charge in [-0.15, -0.1) is 0 Å². The molecule has 0 aliphatic carbocycles. The zero-order chi connectivity index (χ0) is 26.0. The molecule has 12 heteroatoms. The van der Waals surface area contributed by atoms with Gasteiger partial charge in [-0.05, 0) is 31.4 Å². The molecule has 0 radical (unpaired) electrons. The molecule has 0 N–H and O–H groups in total. The number of carbonyl (C=O) groups is 3. The van der Waals surface area contributed by atoms with Crippen LogP contribution in [-0.2, 0) is 32.5 Å². The first kappa shape index (κ1) is 25.1. The molecular formula is C24H24F3N3O4S2. The van der Waals surface area contributed by atoms with Crippen molar-refractivity contribution in [3.63, 3.8) is 0 Å². The first-order valence-corrected chi connectivity index (χ1v) is 13.3. The van der Waals surface area contributed by atoms with Crippen LogP contribution in [0, 0.1) is 5.92 Å². The number of amides is 3. The molecule has 7 nitrogen and oxygen atoms in total. The van der Waals surface area contributed by atoms with Gasteiger partial charge in [0.15, 0.2) is 0 Å². The lowest BCUT2D eigenvalue weighted by Crippen LogP contribution is -2.42. The van der Waals surface area contributed by atoms with Gasteiger partial charge in [0.2, 0.25) is 17.7 Å². The minimum absolute atomic E-state index is 0.173. The standard InChI is InChI=1S/C24H24F3N3O4S2/c1-23(2)16-17(20(33)30(19(16)32)14-9-5-4-8-13(14)24(25,26)27)35-21-18(23)36-22(34)29(21)12-15(31)28-10-6-3-7-11-28/h4-5,8-9,16-17H,3,6-7,10-12H2,1-2H3/t16-,17+/m1/s1. The SMILES string of the molecule is CC1(C)c2sc(=O)n(CC(=O)N3CCCCC3)c2S[C@@H]2C(=O)N(c3ccccc3C(F)(F)F)C(=O)[C@@H]21. The van der Waals surface area contributed by atoms with Crippen molar-refractivity contribution in [3.8, 4) is 0 Å². The first-order valence-electron chi connectivity index (χ1n) is 11.7. The molecule has 3 aliphatic heterocycles. The number of aromatic nitrogens is 1. The molecule has 0 spiro atoms. The van der Waals surface area contributed by atoms with Crippen molar-refractivity contribution in [3.05, 3.63) is 44.4 Å². The number of piperidine rings is 1. The Morgan fingerprint density at radius 3 is 2.39 bits per heavy atom. The van der Waals surface area contributed by atoms with E-state index in [4.69, 9.17) is 0 Å². The summed E-state index contributed by atoms with van der Waals surface area (Å²) in [4.78, 5) is 55.4. The number of likely N-dealkylation sites (tertiary alicyclic amines) is 1. The summed E-state index contributed by atoms with van der Waals surface area (Å²) in [6.45, 7) is 4.53. The molecule has 0 unspecified atom stereocenters. The Morgan fingerprint density at radius 1 is 1.06 bits per heavy atom. The molecule has 2 atom stereocenters. The minimum atomic E-state index is -4.75. The molecule has 36 heavy (non-hydrogen) atoms. The summed E-state index contributed by atoms with van der Waals surface area (Å²) in [5.41, 5.74) is -2.55. The number of rotatable bonds is 3. The molecule has 0 saturated carbocycles. The number of alkyl halides is 3. The molecule has 192 valence electrons. The quantitative estimate of drug-likeness (QED) is 0.554. The Kier molecular flexibility index (Phi) is 6.10. The van der Waals surface area contributed by atoms with Crippen LogP contribution in [0.3, 0.4) is 0 Å². The van der Waals surface area contributed by atoms with Gasteiger partial charge in [0.05, 0.1) is 22.2 Å². The number of hydrogen-bond donors (Lipinski definition) is 0. The van der Waals surface area contributed by atoms with Crippen LogP contribution in [0.4, 0.5) is 18.9 Å². The van der Waals surface area contributed by atoms with Gasteiger partial charge in [-0.2, -0.15) is 13.2 Å². The second kappa shape index (κ2) is 8.76. The Bertz CT molecular complexity index is 1310. The number of fused-ring (bicyclic) bond motifs is 2. The van der Waals surface area contributed by atoms with Gasteiger partial charge in [-0.1, -0.05) is 49.1 Å². The lowest BCUT2D eigenvalue weighted by Gasteiger charge is -2.36. The third kappa shape index (κ3) is 3.89. The second-order valence-corrected chi connectivity index (χ2v) is 11.9. The average Bonchev–Trinajstić information content (AvgIpc) is 3.28. The van der Waals surface area contributed by atoms with Gasteiger partial charge in [-0.25, -0.2) is 4.90 Å². The number of anilines is 1. The maximum atomic E-state index is 13.7. The number of para-hydroxylation sites is 1. The van der Waals surface area contributed by atoms with Crippen LogP contribution in [0.2, 0.25) is 0 Å². The van der Waals surface area contributed by atoms with Gasteiger partial charge >= 0.3 is 11.0 Å². The highest BCUT2D eigenvalue weighted by Crippen LogP contribution is 2.55. The lowest BCUT2D eigenvalue weighted by molar-refractivity contribution is -0.137. The summed E-state index contributed by atoms with van der Waals surface area (Å²) in [5.74, 6) is -2.61. The average molecular weight is 540 g/mol. The van der Waals surface area contributed by atoms with E-state index in [2.05, 4.69) is 0 Å². The maximum Gasteiger partial charge on any atom is 0.418 e. The predicted molar refractivity (Wildman–Crippen MR) is 129 cm³/mol. The smallest absolute Gasteiger partial charge is 0.341 e. The maximum absolute atomic E-state index is 13.7. The first-order chi connectivity index (χ1) is 16.9. The van der Waals surface area contributed by atoms with Crippen molar-refractivity contribution in [2.75, 3.05) is 18.0 Å². The molecule has 0 bridgehead atoms. The van der Waals surface area contributed by atoms with Crippen LogP contribution in [0.1, 0.15) is 43.6 Å². The Morgan fingerprint density at radius 2 is 1.72 bits per heavy atom. The van der Waals surface area contributed by atoms with Crippen LogP contribution >= 0.6 is 23.1 Å². The van der Waals surface area contributed by atoms with Crippen LogP contribution < -0.4 is 9.77 Å². The van der Waals surface area contributed by atoms with Crippen molar-refractivity contribution >= 4 is 46.5 Å². The minimum Gasteiger partial charge on any atom is -0.341 e. The van der Waals surface area contributed by atoms with E-state index < -0.39 is 45.8 Å². The summed E-state index contributed by atoms with van der Waals surface area (Å²) in [6, 6.07) is 4.53. The summed E-state index contributed by atoms with van der Waals surface area (Å²) in [7, 11) is 0. The number of thioether (sulfide) groups is 1. The van der Waals surface area contributed by atoms with E-state index in [1.165, 1.54) is 16.7 Å². The second-order valence-electron chi connectivity index (χ2n) is 9.79. The highest BCUT2D eigenvalue weighted by Gasteiger charge is 2.60. The van der Waals surface area contributed by atoms with Gasteiger partial charge in [-0.3, -0.25) is 23.7 Å². The van der Waals surface area contributed by atoms with Gasteiger partial charge in [0.25, 0.3) is 0 Å². The highest BCUT2D eigenvalue weighted by atomic mass is 32.2. The monoisotopic (exact) mass is 539 g/mol. The van der Waals surface area contributed by atoms with E-state index in [1.54, 1.807) is 18.7 Å². The molecule has 2 fully saturated rings. The number of nitrogens with zero attached hydrogens (tertiary/aromatic N) is 3. The predicted octanol–water partition coefficient (Wildman–Crippen LogP) is 3.88. The van der Waals surface area contributed by atoms with Crippen LogP contribution in [-0.4, -0.2) is 45.5 Å². The summed E-state index contributed by atoms with van der Waals surface area (Å²) in [6.07, 6.45) is -1.89. The van der Waals surface area contributed by atoms with E-state index in [0.29, 0.717) is 27.9 Å². The number of hydrogen-bond acceptors (Lipinski definition) is 6. The van der Waals surface area contributed by atoms with E-state index in [-0.39, 0.29) is 17.3 Å². The van der Waals surface area contributed by atoms with Gasteiger partial charge < -0.3 is 4.90 Å². The molecular weight excluding hydrogens is 515 g/mol. The van der Waals surface area contributed by atoms with E-state index in [0.717, 1.165) is 54.5 Å². The fourth-order valence-corrected chi connectivity index (χ4v) is 8.33. The zero-order valence-corrected chi connectivity index (χ0v) is 21.3. The molecule has 1 aromatic carbocycles. The number of imide groups is 1. The fraction of sp³-hybridized carbons (Fsp3) is 0.500. The van der Waals surface area contributed by atoms with Crippen molar-refractivity contribution in [1.82, 2.24) is 9.47 Å². The zero-order valence-electron chi connectivity index (χ0n) is 19.6. The molecule has 5 rings (SSSR count). The highest BCUT2D eigenvalue weighted by molar-refractivity contribution is 8.00. The molecule has 2 aromatic rings. The van der Waals surface area contributed by atoms with Crippen molar-refractivity contribution in [2.24, 2.45) is 5.92 Å². The molecule has 3 amide bonds. The topological polar surface area (TPSA) is 79.7 Å². The van der Waals surface area contributed by atoms with E-state index >= 15 is 0 Å². The molecule has 1 aromatic heterocycles. The largest absolute Gasteiger partial charge is 0.418 e. The fourth-order valence-electron chi connectivity index (χ4n) is 5.29. The Labute approximate surface area is 213 Å². The van der Waals surface area contributed by atoms with Crippen molar-refractivity contribution in [1.29, 1.82) is 0 Å². The van der Waals surface area contributed by atoms with E-state index in [1.807, 2.05) is 0 Å². The van der Waals surface area contributed by atoms with Crippen LogP contribution in [0.25, 0.3) is 0 Å². The third-order valence-corrected chi connectivity index (χ3v) is 9.98. The molecule has 3 aliphatic rings. The Balaban J connectivity index is 1.52. The number of thiazole rings is 1. The molecule has 2 saturated heterocycles. The summed E-state index contributed by atoms with van der Waals surface area (Å²) >= 11 is 1.92. The number of carbonyl (C=O) groups excluding carboxylic acids is 3. The van der Waals surface area contributed by atoms with Crippen LogP contribution in [0.15, 0.2) is 34.1 Å². The van der Waals surface area contributed by atoms with E-state index in [9.17, 15) is 32.3 Å². The van der Waals surface area contributed by atoms with Crippen molar-refractivity contribution in [2.45, 2.75) is 61.5 Å². The number of benzene rings is 1. The van der Waals surface area contributed by atoms with Crippen LogP contribution in [0.5, 0.6) is 0 Å². The molecule has 4 heterocycles. The van der Waals surface area contributed by atoms with Gasteiger partial charge in [0, 0.05) is 23.4 Å². The third-order valence-electron chi connectivity index (χ3n) is 7.16. The normalized spacial score (nSPS) is 23.6. The van der Waals surface area contributed by atoms with Crippen molar-refractivity contribution < 1.29 is 27.6 Å². The summed E-state index contributed by atoms with van der Waals surface area (Å²) < 4.78 is 42.4. The summed E-state index contributed by atoms with van der Waals surface area (Å²) in [5, 5.41) is -0.569. The lowest BCUT2D eigenvalue weighted by atomic mass is 9.76. The van der Waals surface area contributed by atoms with Gasteiger partial charge in [0.1, 0.15) is 11.8 Å². The number of halogens is 3. The Hall–Kier alpha value is -2.60.